The van der Waals surface area contributed by atoms with Crippen LogP contribution in [0.25, 0.3) is 16.8 Å². The second-order valence-corrected chi connectivity index (χ2v) is 8.68. The van der Waals surface area contributed by atoms with E-state index in [0.717, 1.165) is 12.8 Å². The molecular formula is C28H33Hf-. The summed E-state index contributed by atoms with van der Waals surface area (Å²) in [6.07, 6.45) is 7.15. The minimum atomic E-state index is 0. The van der Waals surface area contributed by atoms with Crippen LogP contribution < -0.4 is 0 Å². The molecule has 0 spiro atoms. The van der Waals surface area contributed by atoms with Gasteiger partial charge in [-0.15, -0.1) is 33.5 Å². The summed E-state index contributed by atoms with van der Waals surface area (Å²) >= 11 is 0. The number of fused-ring (bicyclic) bond motifs is 2. The van der Waals surface area contributed by atoms with Gasteiger partial charge in [-0.05, 0) is 62.3 Å². The van der Waals surface area contributed by atoms with E-state index in [9.17, 15) is 0 Å². The van der Waals surface area contributed by atoms with Crippen molar-refractivity contribution in [3.63, 3.8) is 0 Å². The van der Waals surface area contributed by atoms with Crippen molar-refractivity contribution >= 4 is 16.8 Å². The summed E-state index contributed by atoms with van der Waals surface area (Å²) in [5.74, 6) is 0.583. The van der Waals surface area contributed by atoms with E-state index in [1.165, 1.54) is 51.4 Å². The summed E-state index contributed by atoms with van der Waals surface area (Å²) in [6.45, 7) is 13.7. The maximum Gasteiger partial charge on any atom is 0.00558 e. The van der Waals surface area contributed by atoms with Gasteiger partial charge in [0.05, 0.1) is 0 Å². The molecule has 0 amide bonds. The molecule has 3 aromatic carbocycles. The van der Waals surface area contributed by atoms with Gasteiger partial charge in [0, 0.05) is 31.8 Å². The predicted octanol–water partition coefficient (Wildman–Crippen LogP) is 7.88. The fourth-order valence-electron chi connectivity index (χ4n) is 5.39. The first-order valence-corrected chi connectivity index (χ1v) is 10.9. The van der Waals surface area contributed by atoms with Gasteiger partial charge in [-0.3, -0.25) is 0 Å². The van der Waals surface area contributed by atoms with Gasteiger partial charge in [-0.1, -0.05) is 62.6 Å². The zero-order valence-electron chi connectivity index (χ0n) is 18.9. The predicted molar refractivity (Wildman–Crippen MR) is 124 cm³/mol. The molecular weight excluding hydrogens is 515 g/mol. The van der Waals surface area contributed by atoms with Crippen molar-refractivity contribution in [3.8, 4) is 0 Å². The Kier molecular flexibility index (Phi) is 6.78. The molecule has 1 atom stereocenters. The Balaban J connectivity index is 0.00000240. The fourth-order valence-corrected chi connectivity index (χ4v) is 5.39. The molecule has 0 aliphatic heterocycles. The average Bonchev–Trinajstić information content (AvgIpc) is 3.25. The second-order valence-electron chi connectivity index (χ2n) is 8.68. The molecule has 0 aromatic heterocycles. The topological polar surface area (TPSA) is 0 Å². The molecule has 0 saturated heterocycles. The van der Waals surface area contributed by atoms with Gasteiger partial charge in [-0.25, -0.2) is 0 Å². The van der Waals surface area contributed by atoms with E-state index in [1.807, 2.05) is 0 Å². The largest absolute Gasteiger partial charge is 0.164 e. The number of aryl methyl sites for hydroxylation is 6. The van der Waals surface area contributed by atoms with Crippen LogP contribution >= 0.6 is 0 Å². The molecule has 1 unspecified atom stereocenters. The molecule has 0 radical (unpaired) electrons. The normalized spacial score (nSPS) is 15.4. The molecule has 0 N–H and O–H groups in total. The van der Waals surface area contributed by atoms with Gasteiger partial charge in [0.1, 0.15) is 0 Å². The van der Waals surface area contributed by atoms with Crippen LogP contribution in [0.4, 0.5) is 0 Å². The van der Waals surface area contributed by atoms with E-state index >= 15 is 0 Å². The molecule has 0 nitrogen and oxygen atoms in total. The summed E-state index contributed by atoms with van der Waals surface area (Å²) in [6, 6.07) is 11.6. The third-order valence-corrected chi connectivity index (χ3v) is 7.00. The van der Waals surface area contributed by atoms with E-state index < -0.39 is 0 Å². The molecule has 0 saturated carbocycles. The number of hydrogen-bond acceptors (Lipinski definition) is 0. The summed E-state index contributed by atoms with van der Waals surface area (Å²) in [4.78, 5) is 0. The molecule has 1 heteroatoms. The number of rotatable bonds is 5. The first-order chi connectivity index (χ1) is 13.5. The van der Waals surface area contributed by atoms with Crippen LogP contribution in [0.15, 0.2) is 35.9 Å². The Morgan fingerprint density at radius 2 is 1.48 bits per heavy atom. The SMILES string of the molecule is CCC1=Cc2c(C)ccc(C)c2C1CC[c-]1c(CC)cc2c(C)ccc(C)c21.[Hf]. The molecule has 3 aromatic rings. The molecule has 0 fully saturated rings. The van der Waals surface area contributed by atoms with Crippen molar-refractivity contribution in [2.75, 3.05) is 0 Å². The van der Waals surface area contributed by atoms with E-state index in [4.69, 9.17) is 0 Å². The van der Waals surface area contributed by atoms with Gasteiger partial charge < -0.3 is 0 Å². The standard InChI is InChI=1S/C28H33.Hf/c1-7-21-15-25-17(3)9-11-19(5)27(25)23(21)13-14-24-22(8-2)16-26-18(4)10-12-20(6)28(24)26;/h9-12,15-16,23H,7-8,13-14H2,1-6H3;/q-1;. The minimum Gasteiger partial charge on any atom is -0.164 e. The van der Waals surface area contributed by atoms with E-state index in [0.29, 0.717) is 5.92 Å². The summed E-state index contributed by atoms with van der Waals surface area (Å²) < 4.78 is 0. The maximum atomic E-state index is 2.49. The molecule has 150 valence electrons. The van der Waals surface area contributed by atoms with E-state index in [2.05, 4.69) is 78.0 Å². The second kappa shape index (κ2) is 8.80. The van der Waals surface area contributed by atoms with Gasteiger partial charge in [0.2, 0.25) is 0 Å². The van der Waals surface area contributed by atoms with Crippen LogP contribution in [0.2, 0.25) is 0 Å². The minimum absolute atomic E-state index is 0. The van der Waals surface area contributed by atoms with Gasteiger partial charge in [-0.2, -0.15) is 6.07 Å². The smallest absolute Gasteiger partial charge is 0.00558 e. The molecule has 1 aliphatic carbocycles. The molecule has 0 bridgehead atoms. The van der Waals surface area contributed by atoms with E-state index in [-0.39, 0.29) is 25.8 Å². The van der Waals surface area contributed by atoms with Crippen molar-refractivity contribution in [1.29, 1.82) is 0 Å². The monoisotopic (exact) mass is 549 g/mol. The average molecular weight is 548 g/mol. The zero-order chi connectivity index (χ0) is 20.0. The Morgan fingerprint density at radius 3 is 2.17 bits per heavy atom. The Hall–Kier alpha value is -1.34. The van der Waals surface area contributed by atoms with E-state index in [1.54, 1.807) is 22.3 Å². The van der Waals surface area contributed by atoms with Crippen LogP contribution in [-0.4, -0.2) is 0 Å². The van der Waals surface area contributed by atoms with Gasteiger partial charge >= 0.3 is 0 Å². The molecule has 4 rings (SSSR count). The van der Waals surface area contributed by atoms with Gasteiger partial charge in [0.15, 0.2) is 0 Å². The van der Waals surface area contributed by atoms with Crippen molar-refractivity contribution < 1.29 is 25.8 Å². The van der Waals surface area contributed by atoms with Crippen molar-refractivity contribution in [1.82, 2.24) is 0 Å². The summed E-state index contributed by atoms with van der Waals surface area (Å²) in [5, 5.41) is 3.00. The van der Waals surface area contributed by atoms with Crippen LogP contribution in [0.3, 0.4) is 0 Å². The summed E-state index contributed by atoms with van der Waals surface area (Å²) in [7, 11) is 0. The molecule has 0 heterocycles. The van der Waals surface area contributed by atoms with Crippen molar-refractivity contribution in [2.45, 2.75) is 73.1 Å². The first kappa shape index (κ1) is 22.3. The fraction of sp³-hybridized carbons (Fsp3) is 0.393. The first-order valence-electron chi connectivity index (χ1n) is 10.9. The third kappa shape index (κ3) is 3.76. The van der Waals surface area contributed by atoms with Crippen LogP contribution in [0.5, 0.6) is 0 Å². The van der Waals surface area contributed by atoms with Crippen molar-refractivity contribution in [2.24, 2.45) is 0 Å². The molecule has 1 aliphatic rings. The number of benzene rings is 2. The van der Waals surface area contributed by atoms with Crippen LogP contribution in [-0.2, 0) is 38.7 Å². The maximum absolute atomic E-state index is 2.49. The Labute approximate surface area is 195 Å². The third-order valence-electron chi connectivity index (χ3n) is 7.00. The Bertz CT molecular complexity index is 1080. The number of allylic oxidation sites excluding steroid dienone is 1. The number of hydrogen-bond donors (Lipinski definition) is 0. The summed E-state index contributed by atoms with van der Waals surface area (Å²) in [5.41, 5.74) is 13.6. The van der Waals surface area contributed by atoms with Crippen LogP contribution in [0, 0.1) is 27.7 Å². The Morgan fingerprint density at radius 1 is 0.828 bits per heavy atom. The zero-order valence-corrected chi connectivity index (χ0v) is 22.5. The molecule has 29 heavy (non-hydrogen) atoms. The quantitative estimate of drug-likeness (QED) is 0.225. The van der Waals surface area contributed by atoms with Crippen molar-refractivity contribution in [3.05, 3.63) is 80.4 Å². The van der Waals surface area contributed by atoms with Crippen LogP contribution in [0.1, 0.15) is 77.1 Å². The van der Waals surface area contributed by atoms with Gasteiger partial charge in [0.25, 0.3) is 0 Å².